The van der Waals surface area contributed by atoms with E-state index in [9.17, 15) is 9.59 Å². The van der Waals surface area contributed by atoms with Gasteiger partial charge in [0.1, 0.15) is 5.75 Å². The molecule has 2 aliphatic heterocycles. The number of hydrogen-bond acceptors (Lipinski definition) is 4. The molecule has 3 aromatic rings. The van der Waals surface area contributed by atoms with Gasteiger partial charge in [0.2, 0.25) is 5.91 Å². The summed E-state index contributed by atoms with van der Waals surface area (Å²) in [6.07, 6.45) is 0. The van der Waals surface area contributed by atoms with Gasteiger partial charge in [0.25, 0.3) is 5.91 Å². The molecule has 180 valence electrons. The number of carbonyl (C=O) groups excluding carboxylic acids is 2. The number of methoxy groups -OCH3 is 1. The number of benzene rings is 3. The Kier molecular flexibility index (Phi) is 6.55. The highest BCUT2D eigenvalue weighted by molar-refractivity contribution is 6.01. The average molecular weight is 470 g/mol. The number of carbonyl (C=O) groups is 2. The molecule has 2 amide bonds. The van der Waals surface area contributed by atoms with Crippen molar-refractivity contribution in [2.75, 3.05) is 40.3 Å². The second-order valence-corrected chi connectivity index (χ2v) is 9.29. The zero-order chi connectivity index (χ0) is 24.4. The number of nitrogens with zero attached hydrogens (tertiary/aromatic N) is 3. The summed E-state index contributed by atoms with van der Waals surface area (Å²) in [6, 6.07) is 25.3. The second kappa shape index (κ2) is 9.92. The molecule has 0 aromatic heterocycles. The molecule has 35 heavy (non-hydrogen) atoms. The first-order valence-electron chi connectivity index (χ1n) is 12.1. The van der Waals surface area contributed by atoms with Crippen LogP contribution < -0.4 is 4.74 Å². The van der Waals surface area contributed by atoms with Crippen LogP contribution in [0.15, 0.2) is 78.9 Å². The Hall–Kier alpha value is -3.64. The fraction of sp³-hybridized carbons (Fsp3) is 0.310. The van der Waals surface area contributed by atoms with E-state index in [1.807, 2.05) is 59.5 Å². The summed E-state index contributed by atoms with van der Waals surface area (Å²) in [7, 11) is 3.43. The van der Waals surface area contributed by atoms with Crippen LogP contribution in [0.25, 0.3) is 0 Å². The predicted molar refractivity (Wildman–Crippen MR) is 135 cm³/mol. The highest BCUT2D eigenvalue weighted by Gasteiger charge is 2.44. The summed E-state index contributed by atoms with van der Waals surface area (Å²) in [4.78, 5) is 33.4. The Morgan fingerprint density at radius 2 is 1.54 bits per heavy atom. The van der Waals surface area contributed by atoms with E-state index < -0.39 is 5.92 Å². The standard InChI is InChI=1S/C29H31N3O3/c1-30-27(22-12-14-23(35-2)15-13-22)26(24-10-6-7-11-25(24)28(30)33)29(34)32-18-16-31(17-19-32)20-21-8-4-3-5-9-21/h3-15,26-27H,16-20H2,1-2H3. The number of ether oxygens (including phenoxy) is 1. The SMILES string of the molecule is COc1ccc(C2C(C(=O)N3CCN(Cc4ccccc4)CC3)c3ccccc3C(=O)N2C)cc1. The van der Waals surface area contributed by atoms with Crippen LogP contribution in [0.1, 0.15) is 39.0 Å². The molecule has 0 aliphatic carbocycles. The molecule has 6 heteroatoms. The molecule has 1 fully saturated rings. The molecule has 0 N–H and O–H groups in total. The third kappa shape index (κ3) is 4.54. The van der Waals surface area contributed by atoms with Crippen molar-refractivity contribution in [2.45, 2.75) is 18.5 Å². The Bertz CT molecular complexity index is 1190. The van der Waals surface area contributed by atoms with Gasteiger partial charge in [-0.3, -0.25) is 14.5 Å². The molecule has 0 radical (unpaired) electrons. The lowest BCUT2D eigenvalue weighted by Crippen LogP contribution is -2.52. The lowest BCUT2D eigenvalue weighted by atomic mass is 9.79. The summed E-state index contributed by atoms with van der Waals surface area (Å²) in [5.41, 5.74) is 3.64. The molecule has 3 aromatic carbocycles. The zero-order valence-corrected chi connectivity index (χ0v) is 20.3. The summed E-state index contributed by atoms with van der Waals surface area (Å²) in [5, 5.41) is 0. The molecule has 2 heterocycles. The van der Waals surface area contributed by atoms with Crippen molar-refractivity contribution < 1.29 is 14.3 Å². The maximum atomic E-state index is 14.1. The fourth-order valence-electron chi connectivity index (χ4n) is 5.32. The highest BCUT2D eigenvalue weighted by Crippen LogP contribution is 2.43. The normalized spacial score (nSPS) is 20.5. The monoisotopic (exact) mass is 469 g/mol. The van der Waals surface area contributed by atoms with Crippen molar-refractivity contribution >= 4 is 11.8 Å². The van der Waals surface area contributed by atoms with Crippen LogP contribution in [0.4, 0.5) is 0 Å². The molecule has 2 atom stereocenters. The lowest BCUT2D eigenvalue weighted by Gasteiger charge is -2.43. The van der Waals surface area contributed by atoms with Crippen molar-refractivity contribution in [3.8, 4) is 5.75 Å². The van der Waals surface area contributed by atoms with E-state index in [1.54, 1.807) is 19.1 Å². The van der Waals surface area contributed by atoms with Gasteiger partial charge in [-0.15, -0.1) is 0 Å². The van der Waals surface area contributed by atoms with E-state index in [4.69, 9.17) is 4.74 Å². The summed E-state index contributed by atoms with van der Waals surface area (Å²) >= 11 is 0. The van der Waals surface area contributed by atoms with Crippen LogP contribution >= 0.6 is 0 Å². The highest BCUT2D eigenvalue weighted by atomic mass is 16.5. The van der Waals surface area contributed by atoms with Gasteiger partial charge in [0.05, 0.1) is 19.1 Å². The van der Waals surface area contributed by atoms with Crippen LogP contribution in [0.5, 0.6) is 5.75 Å². The lowest BCUT2D eigenvalue weighted by molar-refractivity contribution is -0.136. The minimum absolute atomic E-state index is 0.0573. The topological polar surface area (TPSA) is 53.1 Å². The molecule has 2 aliphatic rings. The van der Waals surface area contributed by atoms with E-state index in [-0.39, 0.29) is 17.9 Å². The van der Waals surface area contributed by atoms with E-state index in [2.05, 4.69) is 29.2 Å². The van der Waals surface area contributed by atoms with E-state index in [0.29, 0.717) is 18.7 Å². The van der Waals surface area contributed by atoms with Gasteiger partial charge >= 0.3 is 0 Å². The quantitative estimate of drug-likeness (QED) is 0.568. The van der Waals surface area contributed by atoms with Crippen molar-refractivity contribution in [2.24, 2.45) is 0 Å². The molecule has 6 nitrogen and oxygen atoms in total. The van der Waals surface area contributed by atoms with Crippen molar-refractivity contribution in [3.63, 3.8) is 0 Å². The predicted octanol–water partition coefficient (Wildman–Crippen LogP) is 3.95. The molecular formula is C29H31N3O3. The van der Waals surface area contributed by atoms with Crippen LogP contribution in [0.3, 0.4) is 0 Å². The summed E-state index contributed by atoms with van der Waals surface area (Å²) < 4.78 is 5.32. The van der Waals surface area contributed by atoms with Gasteiger partial charge in [0.15, 0.2) is 0 Å². The van der Waals surface area contributed by atoms with E-state index in [1.165, 1.54) is 5.56 Å². The van der Waals surface area contributed by atoms with Crippen molar-refractivity contribution in [1.82, 2.24) is 14.7 Å². The number of hydrogen-bond donors (Lipinski definition) is 0. The van der Waals surface area contributed by atoms with Gasteiger partial charge in [-0.25, -0.2) is 0 Å². The van der Waals surface area contributed by atoms with E-state index >= 15 is 0 Å². The first-order valence-corrected chi connectivity index (χ1v) is 12.1. The Labute approximate surface area is 206 Å². The fourth-order valence-corrected chi connectivity index (χ4v) is 5.32. The first kappa shape index (κ1) is 23.1. The minimum Gasteiger partial charge on any atom is -0.497 e. The minimum atomic E-state index is -0.456. The Morgan fingerprint density at radius 1 is 0.886 bits per heavy atom. The molecule has 2 unspecified atom stereocenters. The van der Waals surface area contributed by atoms with E-state index in [0.717, 1.165) is 36.5 Å². The van der Waals surface area contributed by atoms with Gasteiger partial charge in [-0.1, -0.05) is 60.7 Å². The van der Waals surface area contributed by atoms with Gasteiger partial charge in [-0.05, 0) is 34.9 Å². The first-order chi connectivity index (χ1) is 17.1. The number of amides is 2. The third-order valence-electron chi connectivity index (χ3n) is 7.24. The van der Waals surface area contributed by atoms with Gasteiger partial charge in [-0.2, -0.15) is 0 Å². The van der Waals surface area contributed by atoms with Crippen LogP contribution in [-0.2, 0) is 11.3 Å². The van der Waals surface area contributed by atoms with Gasteiger partial charge < -0.3 is 14.5 Å². The van der Waals surface area contributed by atoms with Crippen LogP contribution in [0, 0.1) is 0 Å². The second-order valence-electron chi connectivity index (χ2n) is 9.29. The molecule has 1 saturated heterocycles. The maximum Gasteiger partial charge on any atom is 0.254 e. The summed E-state index contributed by atoms with van der Waals surface area (Å²) in [5.74, 6) is 0.314. The van der Waals surface area contributed by atoms with Crippen LogP contribution in [-0.4, -0.2) is 66.9 Å². The largest absolute Gasteiger partial charge is 0.497 e. The number of likely N-dealkylation sites (N-methyl/N-ethyl adjacent to an activating group) is 1. The number of piperazine rings is 1. The third-order valence-corrected chi connectivity index (χ3v) is 7.24. The van der Waals surface area contributed by atoms with Crippen molar-refractivity contribution in [3.05, 3.63) is 101 Å². The molecular weight excluding hydrogens is 438 g/mol. The zero-order valence-electron chi connectivity index (χ0n) is 20.3. The summed E-state index contributed by atoms with van der Waals surface area (Å²) in [6.45, 7) is 3.91. The van der Waals surface area contributed by atoms with Crippen molar-refractivity contribution in [1.29, 1.82) is 0 Å². The molecule has 5 rings (SSSR count). The van der Waals surface area contributed by atoms with Crippen LogP contribution in [0.2, 0.25) is 0 Å². The smallest absolute Gasteiger partial charge is 0.254 e. The Balaban J connectivity index is 1.41. The molecule has 0 spiro atoms. The molecule has 0 saturated carbocycles. The molecule has 0 bridgehead atoms. The average Bonchev–Trinajstić information content (AvgIpc) is 2.91. The number of rotatable bonds is 5. The Morgan fingerprint density at radius 3 is 2.23 bits per heavy atom. The maximum absolute atomic E-state index is 14.1. The number of fused-ring (bicyclic) bond motifs is 1. The van der Waals surface area contributed by atoms with Gasteiger partial charge in [0, 0.05) is 45.3 Å².